The van der Waals surface area contributed by atoms with Gasteiger partial charge in [0, 0.05) is 6.54 Å². The Morgan fingerprint density at radius 1 is 1.39 bits per heavy atom. The summed E-state index contributed by atoms with van der Waals surface area (Å²) in [5, 5.41) is 3.37. The molecule has 1 rings (SSSR count). The third kappa shape index (κ3) is 5.08. The summed E-state index contributed by atoms with van der Waals surface area (Å²) in [6.45, 7) is 7.13. The molecule has 0 aliphatic heterocycles. The first-order valence-electron chi connectivity index (χ1n) is 6.52. The minimum atomic E-state index is 0.142. The zero-order valence-electron chi connectivity index (χ0n) is 11.5. The summed E-state index contributed by atoms with van der Waals surface area (Å²) < 4.78 is 5.66. The summed E-state index contributed by atoms with van der Waals surface area (Å²) in [7, 11) is 0. The van der Waals surface area contributed by atoms with Crippen LogP contribution in [-0.4, -0.2) is 24.2 Å². The smallest absolute Gasteiger partial charge is 0.144 e. The summed E-state index contributed by atoms with van der Waals surface area (Å²) in [6, 6.07) is 5.88. The van der Waals surface area contributed by atoms with Gasteiger partial charge in [-0.3, -0.25) is 0 Å². The molecule has 18 heavy (non-hydrogen) atoms. The Kier molecular flexibility index (Phi) is 6.80. The number of nitrogens with two attached hydrogens (primary N) is 1. The number of nitrogen functional groups attached to an aromatic ring is 1. The Bertz CT molecular complexity index is 356. The maximum Gasteiger partial charge on any atom is 0.144 e. The number of hydrogen-bond donors (Lipinski definition) is 2. The Balaban J connectivity index is 2.50. The molecule has 0 spiro atoms. The number of ether oxygens (including phenoxy) is 1. The largest absolute Gasteiger partial charge is 0.489 e. The third-order valence-electron chi connectivity index (χ3n) is 2.41. The van der Waals surface area contributed by atoms with Crippen LogP contribution in [0, 0.1) is 0 Å². The molecule has 0 aromatic heterocycles. The normalized spacial score (nSPS) is 10.7. The summed E-state index contributed by atoms with van der Waals surface area (Å²) in [6.07, 6.45) is 1.29. The number of thioether (sulfide) groups is 1. The molecule has 3 N–H and O–H groups in total. The van der Waals surface area contributed by atoms with Crippen LogP contribution in [0.4, 0.5) is 11.4 Å². The Morgan fingerprint density at radius 3 is 2.83 bits per heavy atom. The summed E-state index contributed by atoms with van der Waals surface area (Å²) in [4.78, 5) is 0. The lowest BCUT2D eigenvalue weighted by atomic mass is 10.2. The van der Waals surface area contributed by atoms with Gasteiger partial charge in [-0.25, -0.2) is 0 Å². The fourth-order valence-electron chi connectivity index (χ4n) is 1.60. The van der Waals surface area contributed by atoms with E-state index in [2.05, 4.69) is 12.2 Å². The van der Waals surface area contributed by atoms with Gasteiger partial charge in [0.1, 0.15) is 5.75 Å². The molecule has 0 saturated heterocycles. The molecule has 0 atom stereocenters. The van der Waals surface area contributed by atoms with Gasteiger partial charge in [0.2, 0.25) is 0 Å². The second kappa shape index (κ2) is 8.14. The van der Waals surface area contributed by atoms with Gasteiger partial charge < -0.3 is 15.8 Å². The lowest BCUT2D eigenvalue weighted by Gasteiger charge is -2.15. The van der Waals surface area contributed by atoms with Crippen LogP contribution in [0.3, 0.4) is 0 Å². The molecule has 102 valence electrons. The van der Waals surface area contributed by atoms with Crippen LogP contribution in [0.5, 0.6) is 5.75 Å². The van der Waals surface area contributed by atoms with Crippen LogP contribution in [-0.2, 0) is 0 Å². The Hall–Kier alpha value is -1.03. The third-order valence-corrected chi connectivity index (χ3v) is 3.40. The summed E-state index contributed by atoms with van der Waals surface area (Å²) in [5.74, 6) is 3.13. The van der Waals surface area contributed by atoms with E-state index in [-0.39, 0.29) is 6.10 Å². The van der Waals surface area contributed by atoms with Gasteiger partial charge in [-0.1, -0.05) is 13.0 Å². The highest BCUT2D eigenvalue weighted by atomic mass is 32.2. The summed E-state index contributed by atoms with van der Waals surface area (Å²) >= 11 is 1.96. The molecular formula is C14H24N2OS. The van der Waals surface area contributed by atoms with Crippen LogP contribution < -0.4 is 15.8 Å². The van der Waals surface area contributed by atoms with E-state index >= 15 is 0 Å². The van der Waals surface area contributed by atoms with Crippen molar-refractivity contribution in [3.8, 4) is 5.75 Å². The number of nitrogens with one attached hydrogen (secondary N) is 1. The predicted octanol–water partition coefficient (Wildman–Crippen LogP) is 3.61. The van der Waals surface area contributed by atoms with Crippen LogP contribution in [0.15, 0.2) is 18.2 Å². The zero-order valence-corrected chi connectivity index (χ0v) is 12.3. The van der Waals surface area contributed by atoms with E-state index in [9.17, 15) is 0 Å². The molecule has 0 unspecified atom stereocenters. The highest BCUT2D eigenvalue weighted by Gasteiger charge is 2.06. The Labute approximate surface area is 114 Å². The van der Waals surface area contributed by atoms with E-state index in [1.165, 1.54) is 11.5 Å². The van der Waals surface area contributed by atoms with E-state index < -0.39 is 0 Å². The highest BCUT2D eigenvalue weighted by Crippen LogP contribution is 2.30. The Morgan fingerprint density at radius 2 is 2.17 bits per heavy atom. The first kappa shape index (κ1) is 15.0. The van der Waals surface area contributed by atoms with E-state index in [0.717, 1.165) is 24.4 Å². The molecule has 0 amide bonds. The van der Waals surface area contributed by atoms with Crippen LogP contribution in [0.25, 0.3) is 0 Å². The highest BCUT2D eigenvalue weighted by molar-refractivity contribution is 7.99. The van der Waals surface area contributed by atoms with Gasteiger partial charge in [0.15, 0.2) is 0 Å². The number of benzene rings is 1. The van der Waals surface area contributed by atoms with Crippen molar-refractivity contribution in [3.63, 3.8) is 0 Å². The molecule has 0 radical (unpaired) electrons. The maximum atomic E-state index is 6.08. The average molecular weight is 268 g/mol. The topological polar surface area (TPSA) is 47.3 Å². The molecule has 0 fully saturated rings. The van der Waals surface area contributed by atoms with Gasteiger partial charge in [0.05, 0.1) is 17.5 Å². The molecule has 0 aliphatic carbocycles. The minimum Gasteiger partial charge on any atom is -0.489 e. The fraction of sp³-hybridized carbons (Fsp3) is 0.571. The van der Waals surface area contributed by atoms with Gasteiger partial charge in [-0.15, -0.1) is 0 Å². The number of hydrogen-bond acceptors (Lipinski definition) is 4. The molecular weight excluding hydrogens is 244 g/mol. The first-order chi connectivity index (χ1) is 8.65. The van der Waals surface area contributed by atoms with E-state index in [0.29, 0.717) is 5.69 Å². The molecule has 0 aliphatic rings. The van der Waals surface area contributed by atoms with Crippen molar-refractivity contribution in [2.45, 2.75) is 33.3 Å². The monoisotopic (exact) mass is 268 g/mol. The van der Waals surface area contributed by atoms with Crippen molar-refractivity contribution in [2.24, 2.45) is 0 Å². The quantitative estimate of drug-likeness (QED) is 0.558. The van der Waals surface area contributed by atoms with Crippen LogP contribution >= 0.6 is 11.8 Å². The molecule has 4 heteroatoms. The fourth-order valence-corrected chi connectivity index (χ4v) is 2.23. The number of anilines is 2. The molecule has 0 heterocycles. The standard InChI is InChI=1S/C14H24N2OS/c1-4-18-10-6-9-16-12-7-5-8-13(14(12)15)17-11(2)3/h5,7-8,11,16H,4,6,9-10,15H2,1-3H3. The van der Waals surface area contributed by atoms with Crippen molar-refractivity contribution in [3.05, 3.63) is 18.2 Å². The second-order valence-corrected chi connectivity index (χ2v) is 5.76. The van der Waals surface area contributed by atoms with Gasteiger partial charge in [0.25, 0.3) is 0 Å². The van der Waals surface area contributed by atoms with Crippen molar-refractivity contribution in [1.82, 2.24) is 0 Å². The predicted molar refractivity (Wildman–Crippen MR) is 82.7 cm³/mol. The van der Waals surface area contributed by atoms with Crippen molar-refractivity contribution < 1.29 is 4.74 Å². The lowest BCUT2D eigenvalue weighted by Crippen LogP contribution is -2.10. The first-order valence-corrected chi connectivity index (χ1v) is 7.67. The van der Waals surface area contributed by atoms with E-state index in [4.69, 9.17) is 10.5 Å². The molecule has 0 saturated carbocycles. The van der Waals surface area contributed by atoms with Crippen LogP contribution in [0.2, 0.25) is 0 Å². The number of rotatable bonds is 8. The van der Waals surface area contributed by atoms with Crippen molar-refractivity contribution in [2.75, 3.05) is 29.1 Å². The second-order valence-electron chi connectivity index (χ2n) is 4.36. The molecule has 3 nitrogen and oxygen atoms in total. The van der Waals surface area contributed by atoms with Gasteiger partial charge >= 0.3 is 0 Å². The average Bonchev–Trinajstić information content (AvgIpc) is 2.33. The van der Waals surface area contributed by atoms with E-state index in [1.54, 1.807) is 0 Å². The van der Waals surface area contributed by atoms with Crippen molar-refractivity contribution >= 4 is 23.1 Å². The van der Waals surface area contributed by atoms with Gasteiger partial charge in [-0.05, 0) is 43.9 Å². The van der Waals surface area contributed by atoms with Gasteiger partial charge in [-0.2, -0.15) is 11.8 Å². The zero-order chi connectivity index (χ0) is 13.4. The summed E-state index contributed by atoms with van der Waals surface area (Å²) in [5.41, 5.74) is 7.75. The molecule has 1 aromatic carbocycles. The molecule has 1 aromatic rings. The van der Waals surface area contributed by atoms with Crippen molar-refractivity contribution in [1.29, 1.82) is 0 Å². The lowest BCUT2D eigenvalue weighted by molar-refractivity contribution is 0.244. The minimum absolute atomic E-state index is 0.142. The van der Waals surface area contributed by atoms with Crippen LogP contribution in [0.1, 0.15) is 27.2 Å². The number of para-hydroxylation sites is 1. The molecule has 0 bridgehead atoms. The SMILES string of the molecule is CCSCCCNc1cccc(OC(C)C)c1N. The maximum absolute atomic E-state index is 6.08. The van der Waals surface area contributed by atoms with E-state index in [1.807, 2.05) is 43.8 Å².